The average Bonchev–Trinajstić information content (AvgIpc) is 2.21. The minimum absolute atomic E-state index is 0.500. The lowest BCUT2D eigenvalue weighted by molar-refractivity contribution is 0.636. The van der Waals surface area contributed by atoms with E-state index >= 15 is 0 Å². The van der Waals surface area contributed by atoms with Crippen LogP contribution in [0, 0.1) is 11.3 Å². The van der Waals surface area contributed by atoms with Gasteiger partial charge in [0.25, 0.3) is 0 Å². The van der Waals surface area contributed by atoms with Gasteiger partial charge in [0, 0.05) is 0 Å². The van der Waals surface area contributed by atoms with E-state index in [1.54, 1.807) is 0 Å². The minimum atomic E-state index is 0.500. The van der Waals surface area contributed by atoms with E-state index in [9.17, 15) is 4.39 Å². The maximum atomic E-state index is 9.50. The van der Waals surface area contributed by atoms with Gasteiger partial charge >= 0.3 is 0 Å². The first-order valence-corrected chi connectivity index (χ1v) is 3.73. The summed E-state index contributed by atoms with van der Waals surface area (Å²) in [6, 6.07) is 9.74. The molecule has 2 heteroatoms. The van der Waals surface area contributed by atoms with Gasteiger partial charge in [0.15, 0.2) is 0 Å². The van der Waals surface area contributed by atoms with Gasteiger partial charge in [-0.3, -0.25) is 4.39 Å². The van der Waals surface area contributed by atoms with Crippen molar-refractivity contribution in [2.24, 2.45) is 0 Å². The first-order chi connectivity index (χ1) is 5.86. The van der Waals surface area contributed by atoms with E-state index in [1.165, 1.54) is 5.56 Å². The molecular weight excluding hydrogens is 153 g/mol. The fraction of sp³-hybridized carbons (Fsp3) is 0.300. The molecule has 64 valence electrons. The zero-order chi connectivity index (χ0) is 9.40. The van der Waals surface area contributed by atoms with Gasteiger partial charge in [-0.05, 0) is 24.1 Å². The van der Waals surface area contributed by atoms with Crippen LogP contribution in [-0.4, -0.2) is 7.18 Å². The lowest BCUT2D eigenvalue weighted by Gasteiger charge is -1.92. The van der Waals surface area contributed by atoms with Crippen molar-refractivity contribution >= 4 is 0 Å². The fourth-order valence-corrected chi connectivity index (χ4v) is 0.815. The summed E-state index contributed by atoms with van der Waals surface area (Å²) in [4.78, 5) is 0. The first-order valence-electron chi connectivity index (χ1n) is 3.73. The molecule has 0 saturated carbocycles. The van der Waals surface area contributed by atoms with Gasteiger partial charge in [-0.1, -0.05) is 19.1 Å². The van der Waals surface area contributed by atoms with E-state index in [-0.39, 0.29) is 0 Å². The zero-order valence-electron chi connectivity index (χ0n) is 7.34. The highest BCUT2D eigenvalue weighted by Crippen LogP contribution is 2.02. The second-order valence-electron chi connectivity index (χ2n) is 2.16. The first kappa shape index (κ1) is 10.6. The van der Waals surface area contributed by atoms with Crippen molar-refractivity contribution in [3.8, 4) is 6.07 Å². The van der Waals surface area contributed by atoms with E-state index in [1.807, 2.05) is 24.3 Å². The summed E-state index contributed by atoms with van der Waals surface area (Å²) in [6.45, 7) is 2.10. The van der Waals surface area contributed by atoms with Crippen LogP contribution in [0.15, 0.2) is 24.3 Å². The van der Waals surface area contributed by atoms with Gasteiger partial charge in [-0.2, -0.15) is 5.26 Å². The third kappa shape index (κ3) is 3.16. The molecule has 0 fully saturated rings. The van der Waals surface area contributed by atoms with Crippen LogP contribution in [0.2, 0.25) is 0 Å². The highest BCUT2D eigenvalue weighted by molar-refractivity contribution is 5.31. The number of alkyl halides is 1. The quantitative estimate of drug-likeness (QED) is 0.627. The summed E-state index contributed by atoms with van der Waals surface area (Å²) in [5, 5.41) is 8.45. The molecule has 0 atom stereocenters. The van der Waals surface area contributed by atoms with Crippen molar-refractivity contribution in [3.05, 3.63) is 35.4 Å². The molecule has 0 heterocycles. The van der Waals surface area contributed by atoms with Crippen molar-refractivity contribution in [3.63, 3.8) is 0 Å². The van der Waals surface area contributed by atoms with Crippen LogP contribution in [0.1, 0.15) is 18.1 Å². The van der Waals surface area contributed by atoms with E-state index < -0.39 is 0 Å². The third-order valence-corrected chi connectivity index (χ3v) is 1.49. The predicted octanol–water partition coefficient (Wildman–Crippen LogP) is 2.71. The molecule has 0 bridgehead atoms. The largest absolute Gasteiger partial charge is 0.255 e. The van der Waals surface area contributed by atoms with Gasteiger partial charge in [0.1, 0.15) is 0 Å². The Morgan fingerprint density at radius 2 is 1.75 bits per heavy atom. The summed E-state index contributed by atoms with van der Waals surface area (Å²) >= 11 is 0. The number of benzene rings is 1. The Hall–Kier alpha value is -1.36. The topological polar surface area (TPSA) is 23.8 Å². The van der Waals surface area contributed by atoms with Crippen LogP contribution >= 0.6 is 0 Å². The highest BCUT2D eigenvalue weighted by Gasteiger charge is 1.88. The summed E-state index contributed by atoms with van der Waals surface area (Å²) < 4.78 is 9.50. The van der Waals surface area contributed by atoms with Crippen molar-refractivity contribution in [1.29, 1.82) is 5.26 Å². The molecule has 1 rings (SSSR count). The summed E-state index contributed by atoms with van der Waals surface area (Å²) in [5.41, 5.74) is 2.01. The molecule has 1 nitrogen and oxygen atoms in total. The molecule has 1 aromatic carbocycles. The van der Waals surface area contributed by atoms with Crippen LogP contribution in [0.4, 0.5) is 4.39 Å². The molecule has 0 amide bonds. The SMILES string of the molecule is CCc1ccc(C#N)cc1.CF. The molecular formula is C10H12FN. The summed E-state index contributed by atoms with van der Waals surface area (Å²) in [7, 11) is 0.500. The molecule has 0 N–H and O–H groups in total. The Bertz CT molecular complexity index is 246. The van der Waals surface area contributed by atoms with Gasteiger partial charge in [0.2, 0.25) is 0 Å². The van der Waals surface area contributed by atoms with Crippen molar-refractivity contribution < 1.29 is 4.39 Å². The predicted molar refractivity (Wildman–Crippen MR) is 47.6 cm³/mol. The lowest BCUT2D eigenvalue weighted by Crippen LogP contribution is -1.78. The molecule has 0 unspecified atom stereocenters. The lowest BCUT2D eigenvalue weighted by atomic mass is 10.1. The molecule has 0 saturated heterocycles. The van der Waals surface area contributed by atoms with Crippen LogP contribution in [-0.2, 0) is 6.42 Å². The normalized spacial score (nSPS) is 7.83. The number of nitrogens with zero attached hydrogens (tertiary/aromatic N) is 1. The second kappa shape index (κ2) is 6.36. The Balaban J connectivity index is 0.000000561. The Labute approximate surface area is 72.5 Å². The molecule has 0 aromatic heterocycles. The molecule has 12 heavy (non-hydrogen) atoms. The summed E-state index contributed by atoms with van der Waals surface area (Å²) in [5.74, 6) is 0. The second-order valence-corrected chi connectivity index (χ2v) is 2.16. The maximum Gasteiger partial charge on any atom is 0.0991 e. The third-order valence-electron chi connectivity index (χ3n) is 1.49. The summed E-state index contributed by atoms with van der Waals surface area (Å²) in [6.07, 6.45) is 1.03. The van der Waals surface area contributed by atoms with Gasteiger partial charge in [0.05, 0.1) is 18.8 Å². The zero-order valence-corrected chi connectivity index (χ0v) is 7.34. The van der Waals surface area contributed by atoms with Crippen LogP contribution < -0.4 is 0 Å². The Morgan fingerprint density at radius 3 is 2.08 bits per heavy atom. The number of aryl methyl sites for hydroxylation is 1. The monoisotopic (exact) mass is 165 g/mol. The number of hydrogen-bond donors (Lipinski definition) is 0. The van der Waals surface area contributed by atoms with E-state index in [4.69, 9.17) is 5.26 Å². The van der Waals surface area contributed by atoms with Crippen molar-refractivity contribution in [1.82, 2.24) is 0 Å². The highest BCUT2D eigenvalue weighted by atomic mass is 19.1. The fourth-order valence-electron chi connectivity index (χ4n) is 0.815. The van der Waals surface area contributed by atoms with Gasteiger partial charge < -0.3 is 0 Å². The number of nitriles is 1. The van der Waals surface area contributed by atoms with Crippen LogP contribution in [0.3, 0.4) is 0 Å². The van der Waals surface area contributed by atoms with Gasteiger partial charge in [-0.25, -0.2) is 0 Å². The Morgan fingerprint density at radius 1 is 1.25 bits per heavy atom. The van der Waals surface area contributed by atoms with E-state index in [2.05, 4.69) is 13.0 Å². The minimum Gasteiger partial charge on any atom is -0.255 e. The Kier molecular flexibility index (Phi) is 5.64. The smallest absolute Gasteiger partial charge is 0.0991 e. The molecule has 1 aromatic rings. The van der Waals surface area contributed by atoms with Crippen molar-refractivity contribution in [2.75, 3.05) is 7.18 Å². The molecule has 0 aliphatic rings. The van der Waals surface area contributed by atoms with E-state index in [0.29, 0.717) is 7.18 Å². The van der Waals surface area contributed by atoms with Crippen molar-refractivity contribution in [2.45, 2.75) is 13.3 Å². The molecule has 0 aliphatic heterocycles. The van der Waals surface area contributed by atoms with E-state index in [0.717, 1.165) is 12.0 Å². The molecule has 0 radical (unpaired) electrons. The van der Waals surface area contributed by atoms with Gasteiger partial charge in [-0.15, -0.1) is 0 Å². The number of hydrogen-bond acceptors (Lipinski definition) is 1. The maximum absolute atomic E-state index is 9.50. The standard InChI is InChI=1S/C9H9N.CH3F/c1-2-8-3-5-9(7-10)6-4-8;1-2/h3-6H,2H2,1H3;1H3. The molecule has 0 aliphatic carbocycles. The number of rotatable bonds is 1. The molecule has 0 spiro atoms. The van der Waals surface area contributed by atoms with Crippen LogP contribution in [0.5, 0.6) is 0 Å². The number of halogens is 1. The van der Waals surface area contributed by atoms with Crippen LogP contribution in [0.25, 0.3) is 0 Å². The average molecular weight is 165 g/mol.